The Morgan fingerprint density at radius 1 is 0.958 bits per heavy atom. The quantitative estimate of drug-likeness (QED) is 0.217. The van der Waals surface area contributed by atoms with Crippen molar-refractivity contribution in [2.24, 2.45) is 0 Å². The van der Waals surface area contributed by atoms with E-state index in [-0.39, 0.29) is 12.3 Å². The van der Waals surface area contributed by atoms with Crippen molar-refractivity contribution in [1.82, 2.24) is 4.90 Å². The summed E-state index contributed by atoms with van der Waals surface area (Å²) in [5.41, 5.74) is 0. The van der Waals surface area contributed by atoms with Gasteiger partial charge in [-0.15, -0.1) is 0 Å². The van der Waals surface area contributed by atoms with E-state index in [1.807, 2.05) is 0 Å². The molecule has 0 aromatic heterocycles. The molecular formula is C14H29NO7P2. The van der Waals surface area contributed by atoms with E-state index in [0.29, 0.717) is 19.4 Å². The lowest BCUT2D eigenvalue weighted by Crippen LogP contribution is -2.25. The first-order valence-corrected chi connectivity index (χ1v) is 11.3. The molecule has 0 spiro atoms. The van der Waals surface area contributed by atoms with Crippen LogP contribution in [0.2, 0.25) is 0 Å². The number of nitrogens with zero attached hydrogens (tertiary/aromatic N) is 1. The average Bonchev–Trinajstić information content (AvgIpc) is 2.45. The highest BCUT2D eigenvalue weighted by Gasteiger charge is 2.42. The molecule has 0 bridgehead atoms. The molecule has 10 heteroatoms. The van der Waals surface area contributed by atoms with Gasteiger partial charge in [-0.1, -0.05) is 45.1 Å². The maximum absolute atomic E-state index is 11.2. The highest BCUT2D eigenvalue weighted by Crippen LogP contribution is 2.61. The summed E-state index contributed by atoms with van der Waals surface area (Å²) in [6.07, 6.45) is 6.79. The van der Waals surface area contributed by atoms with Gasteiger partial charge >= 0.3 is 15.2 Å². The van der Waals surface area contributed by atoms with Gasteiger partial charge in [0.25, 0.3) is 0 Å². The number of unbranched alkanes of at least 4 members (excludes halogenated alkanes) is 6. The number of hydrogen-bond acceptors (Lipinski definition) is 3. The van der Waals surface area contributed by atoms with Gasteiger partial charge in [-0.05, 0) is 18.9 Å². The molecule has 0 aliphatic heterocycles. The molecule has 0 atom stereocenters. The number of hydrogen-bond donors (Lipinski definition) is 4. The third-order valence-corrected chi connectivity index (χ3v) is 7.66. The second kappa shape index (κ2) is 11.2. The van der Waals surface area contributed by atoms with E-state index in [4.69, 9.17) is 19.6 Å². The lowest BCUT2D eigenvalue weighted by Gasteiger charge is -2.19. The SMILES string of the molecule is C=CC(=O)N(C)CCCCCCCCCC(P(=O)(O)O)P(=O)(O)O. The first-order chi connectivity index (χ1) is 11.0. The Hall–Kier alpha value is -0.490. The molecule has 0 radical (unpaired) electrons. The Labute approximate surface area is 143 Å². The topological polar surface area (TPSA) is 135 Å². The van der Waals surface area contributed by atoms with Gasteiger partial charge < -0.3 is 24.5 Å². The van der Waals surface area contributed by atoms with Crippen LogP contribution in [0.5, 0.6) is 0 Å². The van der Waals surface area contributed by atoms with Crippen LogP contribution >= 0.6 is 15.2 Å². The van der Waals surface area contributed by atoms with Gasteiger partial charge in [0, 0.05) is 13.6 Å². The van der Waals surface area contributed by atoms with E-state index >= 15 is 0 Å². The Balaban J connectivity index is 3.77. The second-order valence-corrected chi connectivity index (χ2v) is 9.90. The fourth-order valence-electron chi connectivity index (χ4n) is 2.36. The summed E-state index contributed by atoms with van der Waals surface area (Å²) >= 11 is 0. The minimum Gasteiger partial charge on any atom is -0.342 e. The highest BCUT2D eigenvalue weighted by molar-refractivity contribution is 7.70. The van der Waals surface area contributed by atoms with Crippen LogP contribution in [0.15, 0.2) is 12.7 Å². The van der Waals surface area contributed by atoms with Crippen LogP contribution in [0.1, 0.15) is 51.4 Å². The molecule has 8 nitrogen and oxygen atoms in total. The number of likely N-dealkylation sites (N-methyl/N-ethyl adjacent to an activating group) is 1. The molecular weight excluding hydrogens is 356 g/mol. The Bertz CT molecular complexity index is 464. The molecule has 0 aromatic carbocycles. The van der Waals surface area contributed by atoms with Crippen LogP contribution in [0.4, 0.5) is 0 Å². The van der Waals surface area contributed by atoms with E-state index in [1.54, 1.807) is 11.9 Å². The van der Waals surface area contributed by atoms with Gasteiger partial charge in [0.15, 0.2) is 5.40 Å². The Morgan fingerprint density at radius 2 is 1.38 bits per heavy atom. The zero-order valence-corrected chi connectivity index (χ0v) is 15.9. The maximum atomic E-state index is 11.2. The summed E-state index contributed by atoms with van der Waals surface area (Å²) in [4.78, 5) is 48.8. The molecule has 0 aromatic rings. The van der Waals surface area contributed by atoms with Crippen LogP contribution in [0.3, 0.4) is 0 Å². The van der Waals surface area contributed by atoms with E-state index in [1.165, 1.54) is 6.08 Å². The maximum Gasteiger partial charge on any atom is 0.340 e. The average molecular weight is 385 g/mol. The van der Waals surface area contributed by atoms with Crippen molar-refractivity contribution in [2.45, 2.75) is 56.8 Å². The predicted molar refractivity (Wildman–Crippen MR) is 92.6 cm³/mol. The van der Waals surface area contributed by atoms with Gasteiger partial charge in [-0.2, -0.15) is 0 Å². The summed E-state index contributed by atoms with van der Waals surface area (Å²) in [6.45, 7) is 4.10. The van der Waals surface area contributed by atoms with Gasteiger partial charge in [-0.3, -0.25) is 13.9 Å². The molecule has 0 saturated carbocycles. The largest absolute Gasteiger partial charge is 0.342 e. The summed E-state index contributed by atoms with van der Waals surface area (Å²) in [7, 11) is -7.86. The van der Waals surface area contributed by atoms with Crippen molar-refractivity contribution < 1.29 is 33.5 Å². The number of carbonyl (C=O) groups is 1. The van der Waals surface area contributed by atoms with E-state index in [9.17, 15) is 13.9 Å². The fraction of sp³-hybridized carbons (Fsp3) is 0.786. The van der Waals surface area contributed by atoms with Gasteiger partial charge in [0.2, 0.25) is 5.91 Å². The molecule has 0 heterocycles. The zero-order valence-electron chi connectivity index (χ0n) is 14.1. The minimum atomic E-state index is -4.79. The van der Waals surface area contributed by atoms with Crippen molar-refractivity contribution in [3.8, 4) is 0 Å². The van der Waals surface area contributed by atoms with E-state index in [2.05, 4.69) is 6.58 Å². The fourth-order valence-corrected chi connectivity index (χ4v) is 4.96. The third-order valence-electron chi connectivity index (χ3n) is 3.78. The first-order valence-electron chi connectivity index (χ1n) is 7.98. The number of carbonyl (C=O) groups excluding carboxylic acids is 1. The Morgan fingerprint density at radius 3 is 1.79 bits per heavy atom. The van der Waals surface area contributed by atoms with Crippen molar-refractivity contribution in [2.75, 3.05) is 13.6 Å². The highest BCUT2D eigenvalue weighted by atomic mass is 31.2. The summed E-state index contributed by atoms with van der Waals surface area (Å²) in [6, 6.07) is 0. The van der Waals surface area contributed by atoms with Gasteiger partial charge in [0.05, 0.1) is 0 Å². The van der Waals surface area contributed by atoms with E-state index < -0.39 is 20.6 Å². The molecule has 0 aliphatic rings. The summed E-state index contributed by atoms with van der Waals surface area (Å²) in [5.74, 6) is -0.0975. The molecule has 142 valence electrons. The molecule has 0 unspecified atom stereocenters. The smallest absolute Gasteiger partial charge is 0.340 e. The van der Waals surface area contributed by atoms with Crippen LogP contribution in [-0.4, -0.2) is 49.4 Å². The van der Waals surface area contributed by atoms with Crippen molar-refractivity contribution in [3.63, 3.8) is 0 Å². The van der Waals surface area contributed by atoms with Crippen molar-refractivity contribution in [1.29, 1.82) is 0 Å². The standard InChI is InChI=1S/C14H29NO7P2/c1-3-13(16)15(2)12-10-8-6-4-5-7-9-11-14(23(17,18)19)24(20,21)22/h3,14H,1,4-12H2,2H3,(H2,17,18,19)(H2,20,21,22). The molecule has 1 amide bonds. The van der Waals surface area contributed by atoms with Crippen LogP contribution < -0.4 is 0 Å². The number of amides is 1. The molecule has 4 N–H and O–H groups in total. The molecule has 0 aliphatic carbocycles. The monoisotopic (exact) mass is 385 g/mol. The lowest BCUT2D eigenvalue weighted by atomic mass is 10.1. The Kier molecular flexibility index (Phi) is 11.0. The minimum absolute atomic E-state index is 0.0975. The van der Waals surface area contributed by atoms with Crippen LogP contribution in [-0.2, 0) is 13.9 Å². The summed E-state index contributed by atoms with van der Waals surface area (Å²) < 4.78 is 22.2. The second-order valence-electron chi connectivity index (χ2n) is 5.89. The molecule has 0 saturated heterocycles. The lowest BCUT2D eigenvalue weighted by molar-refractivity contribution is -0.124. The summed E-state index contributed by atoms with van der Waals surface area (Å²) in [5, 5.41) is -1.89. The van der Waals surface area contributed by atoms with Crippen molar-refractivity contribution in [3.05, 3.63) is 12.7 Å². The van der Waals surface area contributed by atoms with E-state index in [0.717, 1.165) is 32.1 Å². The first kappa shape index (κ1) is 23.5. The molecule has 0 fully saturated rings. The predicted octanol–water partition coefficient (Wildman–Crippen LogP) is 2.43. The zero-order chi connectivity index (χ0) is 18.8. The normalized spacial score (nSPS) is 12.4. The third kappa shape index (κ3) is 10.4. The number of rotatable bonds is 13. The molecule has 0 rings (SSSR count). The van der Waals surface area contributed by atoms with Crippen LogP contribution in [0.25, 0.3) is 0 Å². The molecule has 24 heavy (non-hydrogen) atoms. The van der Waals surface area contributed by atoms with Gasteiger partial charge in [-0.25, -0.2) is 0 Å². The van der Waals surface area contributed by atoms with Gasteiger partial charge in [0.1, 0.15) is 0 Å². The van der Waals surface area contributed by atoms with Crippen molar-refractivity contribution >= 4 is 21.1 Å². The van der Waals surface area contributed by atoms with Crippen LogP contribution in [0, 0.1) is 0 Å².